The molecule has 21 heavy (non-hydrogen) atoms. The number of aromatic nitrogens is 1. The fourth-order valence-electron chi connectivity index (χ4n) is 2.50. The number of pyridine rings is 1. The Morgan fingerprint density at radius 1 is 1.00 bits per heavy atom. The number of hydrazine groups is 1. The van der Waals surface area contributed by atoms with Crippen molar-refractivity contribution in [2.45, 2.75) is 19.8 Å². The van der Waals surface area contributed by atoms with Gasteiger partial charge in [-0.05, 0) is 35.2 Å². The van der Waals surface area contributed by atoms with Gasteiger partial charge in [0.2, 0.25) is 0 Å². The standard InChI is InChI=1S/C18H19N3/c1-12(2)14-8-9-17-15(10-14)11-16(18(20-17)21-19)13-6-4-3-5-7-13/h3-12H,19H2,1-2H3,(H,20,21). The minimum Gasteiger partial charge on any atom is -0.308 e. The molecule has 0 saturated carbocycles. The number of fused-ring (bicyclic) bond motifs is 1. The predicted octanol–water partition coefficient (Wildman–Crippen LogP) is 4.31. The SMILES string of the molecule is CC(C)c1ccc2nc(NN)c(-c3ccccc3)cc2c1. The summed E-state index contributed by atoms with van der Waals surface area (Å²) in [6.45, 7) is 4.39. The van der Waals surface area contributed by atoms with Crippen molar-refractivity contribution in [3.8, 4) is 11.1 Å². The quantitative estimate of drug-likeness (QED) is 0.554. The predicted molar refractivity (Wildman–Crippen MR) is 89.1 cm³/mol. The molecule has 0 saturated heterocycles. The molecule has 106 valence electrons. The topological polar surface area (TPSA) is 50.9 Å². The van der Waals surface area contributed by atoms with E-state index in [2.05, 4.69) is 60.7 Å². The van der Waals surface area contributed by atoms with Gasteiger partial charge in [0.05, 0.1) is 5.52 Å². The van der Waals surface area contributed by atoms with Crippen LogP contribution in [0.2, 0.25) is 0 Å². The van der Waals surface area contributed by atoms with Gasteiger partial charge < -0.3 is 5.43 Å². The Balaban J connectivity index is 2.23. The summed E-state index contributed by atoms with van der Waals surface area (Å²) in [7, 11) is 0. The van der Waals surface area contributed by atoms with Crippen LogP contribution in [-0.4, -0.2) is 4.98 Å². The first-order chi connectivity index (χ1) is 10.2. The van der Waals surface area contributed by atoms with Crippen molar-refractivity contribution >= 4 is 16.7 Å². The lowest BCUT2D eigenvalue weighted by atomic mass is 9.99. The number of rotatable bonds is 3. The Bertz CT molecular complexity index is 764. The molecular weight excluding hydrogens is 258 g/mol. The van der Waals surface area contributed by atoms with Crippen LogP contribution in [0.1, 0.15) is 25.3 Å². The highest BCUT2D eigenvalue weighted by Crippen LogP contribution is 2.30. The van der Waals surface area contributed by atoms with Gasteiger partial charge in [-0.3, -0.25) is 0 Å². The Hall–Kier alpha value is -2.39. The van der Waals surface area contributed by atoms with E-state index < -0.39 is 0 Å². The lowest BCUT2D eigenvalue weighted by Gasteiger charge is -2.12. The summed E-state index contributed by atoms with van der Waals surface area (Å²) in [5.41, 5.74) is 7.11. The van der Waals surface area contributed by atoms with Crippen LogP contribution >= 0.6 is 0 Å². The molecule has 0 spiro atoms. The molecule has 0 aliphatic carbocycles. The first-order valence-corrected chi connectivity index (χ1v) is 7.16. The van der Waals surface area contributed by atoms with Crippen LogP contribution < -0.4 is 11.3 Å². The average Bonchev–Trinajstić information content (AvgIpc) is 2.53. The van der Waals surface area contributed by atoms with Gasteiger partial charge in [-0.25, -0.2) is 10.8 Å². The molecule has 0 bridgehead atoms. The van der Waals surface area contributed by atoms with Crippen LogP contribution in [0, 0.1) is 0 Å². The summed E-state index contributed by atoms with van der Waals surface area (Å²) in [4.78, 5) is 4.63. The Kier molecular flexibility index (Phi) is 3.59. The highest BCUT2D eigenvalue weighted by atomic mass is 15.2. The third-order valence-corrected chi connectivity index (χ3v) is 3.73. The fraction of sp³-hybridized carbons (Fsp3) is 0.167. The zero-order chi connectivity index (χ0) is 14.8. The number of nitrogen functional groups attached to an aromatic ring is 1. The molecular formula is C18H19N3. The van der Waals surface area contributed by atoms with Gasteiger partial charge in [-0.1, -0.05) is 50.2 Å². The van der Waals surface area contributed by atoms with Crippen molar-refractivity contribution in [2.24, 2.45) is 5.84 Å². The zero-order valence-corrected chi connectivity index (χ0v) is 12.3. The van der Waals surface area contributed by atoms with Crippen LogP contribution in [-0.2, 0) is 0 Å². The molecule has 2 aromatic carbocycles. The molecule has 0 aliphatic rings. The van der Waals surface area contributed by atoms with E-state index in [4.69, 9.17) is 5.84 Å². The van der Waals surface area contributed by atoms with E-state index in [1.807, 2.05) is 18.2 Å². The second-order valence-corrected chi connectivity index (χ2v) is 5.50. The summed E-state index contributed by atoms with van der Waals surface area (Å²) in [5, 5.41) is 1.14. The van der Waals surface area contributed by atoms with Gasteiger partial charge in [-0.15, -0.1) is 0 Å². The Morgan fingerprint density at radius 3 is 2.43 bits per heavy atom. The van der Waals surface area contributed by atoms with E-state index in [0.717, 1.165) is 22.0 Å². The number of hydrogen-bond acceptors (Lipinski definition) is 3. The molecule has 0 amide bonds. The van der Waals surface area contributed by atoms with Crippen molar-refractivity contribution in [3.05, 3.63) is 60.2 Å². The second-order valence-electron chi connectivity index (χ2n) is 5.50. The van der Waals surface area contributed by atoms with Gasteiger partial charge in [0.25, 0.3) is 0 Å². The third kappa shape index (κ3) is 2.60. The number of nitrogens with zero attached hydrogens (tertiary/aromatic N) is 1. The molecule has 3 heteroatoms. The van der Waals surface area contributed by atoms with E-state index in [1.165, 1.54) is 5.56 Å². The fourth-order valence-corrected chi connectivity index (χ4v) is 2.50. The van der Waals surface area contributed by atoms with E-state index in [0.29, 0.717) is 11.7 Å². The number of anilines is 1. The summed E-state index contributed by atoms with van der Waals surface area (Å²) in [6.07, 6.45) is 0. The normalized spacial score (nSPS) is 11.0. The van der Waals surface area contributed by atoms with Gasteiger partial charge in [0.1, 0.15) is 5.82 Å². The van der Waals surface area contributed by atoms with E-state index in [1.54, 1.807) is 0 Å². The summed E-state index contributed by atoms with van der Waals surface area (Å²) in [6, 6.07) is 18.7. The summed E-state index contributed by atoms with van der Waals surface area (Å²) < 4.78 is 0. The highest BCUT2D eigenvalue weighted by molar-refractivity contribution is 5.89. The maximum Gasteiger partial charge on any atom is 0.148 e. The van der Waals surface area contributed by atoms with E-state index >= 15 is 0 Å². The molecule has 0 atom stereocenters. The Labute approximate surface area is 124 Å². The average molecular weight is 277 g/mol. The van der Waals surface area contributed by atoms with Crippen molar-refractivity contribution in [1.82, 2.24) is 4.98 Å². The van der Waals surface area contributed by atoms with E-state index in [9.17, 15) is 0 Å². The van der Waals surface area contributed by atoms with E-state index in [-0.39, 0.29) is 0 Å². The van der Waals surface area contributed by atoms with Crippen LogP contribution in [0.3, 0.4) is 0 Å². The Morgan fingerprint density at radius 2 is 1.76 bits per heavy atom. The second kappa shape index (κ2) is 5.54. The van der Waals surface area contributed by atoms with Gasteiger partial charge >= 0.3 is 0 Å². The maximum absolute atomic E-state index is 5.64. The van der Waals surface area contributed by atoms with Crippen molar-refractivity contribution < 1.29 is 0 Å². The van der Waals surface area contributed by atoms with Crippen LogP contribution in [0.25, 0.3) is 22.0 Å². The number of hydrogen-bond donors (Lipinski definition) is 2. The smallest absolute Gasteiger partial charge is 0.148 e. The lowest BCUT2D eigenvalue weighted by Crippen LogP contribution is -2.10. The number of benzene rings is 2. The molecule has 3 nitrogen and oxygen atoms in total. The molecule has 1 aromatic heterocycles. The largest absolute Gasteiger partial charge is 0.308 e. The summed E-state index contributed by atoms with van der Waals surface area (Å²) in [5.74, 6) is 6.85. The monoisotopic (exact) mass is 277 g/mol. The highest BCUT2D eigenvalue weighted by Gasteiger charge is 2.09. The van der Waals surface area contributed by atoms with Crippen molar-refractivity contribution in [2.75, 3.05) is 5.43 Å². The zero-order valence-electron chi connectivity index (χ0n) is 12.3. The third-order valence-electron chi connectivity index (χ3n) is 3.73. The number of nitrogens with one attached hydrogen (secondary N) is 1. The molecule has 3 N–H and O–H groups in total. The van der Waals surface area contributed by atoms with Crippen molar-refractivity contribution in [3.63, 3.8) is 0 Å². The first-order valence-electron chi connectivity index (χ1n) is 7.16. The van der Waals surface area contributed by atoms with Gasteiger partial charge in [0, 0.05) is 10.9 Å². The number of nitrogens with two attached hydrogens (primary N) is 1. The molecule has 3 aromatic rings. The molecule has 0 unspecified atom stereocenters. The van der Waals surface area contributed by atoms with Crippen molar-refractivity contribution in [1.29, 1.82) is 0 Å². The molecule has 3 rings (SSSR count). The molecule has 0 aliphatic heterocycles. The van der Waals surface area contributed by atoms with Crippen LogP contribution in [0.5, 0.6) is 0 Å². The molecule has 1 heterocycles. The minimum absolute atomic E-state index is 0.502. The first kappa shape index (κ1) is 13.6. The minimum atomic E-state index is 0.502. The summed E-state index contributed by atoms with van der Waals surface area (Å²) >= 11 is 0. The van der Waals surface area contributed by atoms with Gasteiger partial charge in [0.15, 0.2) is 0 Å². The molecule has 0 fully saturated rings. The van der Waals surface area contributed by atoms with Gasteiger partial charge in [-0.2, -0.15) is 0 Å². The van der Waals surface area contributed by atoms with Crippen LogP contribution in [0.4, 0.5) is 5.82 Å². The maximum atomic E-state index is 5.64. The lowest BCUT2D eigenvalue weighted by molar-refractivity contribution is 0.868. The molecule has 0 radical (unpaired) electrons. The van der Waals surface area contributed by atoms with Crippen LogP contribution in [0.15, 0.2) is 54.6 Å².